The predicted molar refractivity (Wildman–Crippen MR) is 113 cm³/mol. The minimum absolute atomic E-state index is 0.0195. The highest BCUT2D eigenvalue weighted by atomic mass is 16.4. The zero-order valence-electron chi connectivity index (χ0n) is 17.8. The van der Waals surface area contributed by atoms with Gasteiger partial charge in [-0.1, -0.05) is 0 Å². The van der Waals surface area contributed by atoms with Gasteiger partial charge in [0.05, 0.1) is 11.4 Å². The van der Waals surface area contributed by atoms with Gasteiger partial charge in [-0.05, 0) is 27.7 Å². The number of hydrogen-bond donors (Lipinski definition) is 4. The molecule has 0 radical (unpaired) electrons. The summed E-state index contributed by atoms with van der Waals surface area (Å²) in [6.07, 6.45) is -0.521. The highest BCUT2D eigenvalue weighted by Crippen LogP contribution is 2.16. The van der Waals surface area contributed by atoms with E-state index in [9.17, 15) is 29.4 Å². The Bertz CT molecular complexity index is 1130. The van der Waals surface area contributed by atoms with Gasteiger partial charge in [-0.3, -0.25) is 9.59 Å². The Morgan fingerprint density at radius 3 is 1.47 bits per heavy atom. The smallest absolute Gasteiger partial charge is 0.348 e. The zero-order valence-corrected chi connectivity index (χ0v) is 17.8. The monoisotopic (exact) mass is 446 g/mol. The second-order valence-electron chi connectivity index (χ2n) is 6.77. The second kappa shape index (κ2) is 10.2. The molecule has 2 rings (SSSR count). The van der Waals surface area contributed by atoms with Crippen LogP contribution in [0, 0.1) is 13.8 Å². The molecule has 0 fully saturated rings. The van der Waals surface area contributed by atoms with Crippen LogP contribution < -0.4 is 22.1 Å². The molecule has 2 heterocycles. The molecule has 0 aliphatic heterocycles. The topological polar surface area (TPSA) is 184 Å². The Morgan fingerprint density at radius 2 is 1.16 bits per heavy atom. The predicted octanol–water partition coefficient (Wildman–Crippen LogP) is 0.782. The minimum Gasteiger partial charge on any atom is -0.507 e. The highest BCUT2D eigenvalue weighted by molar-refractivity contribution is 6.01. The van der Waals surface area contributed by atoms with E-state index in [2.05, 4.69) is 21.1 Å². The fraction of sp³-hybridized carbons (Fsp3) is 0.300. The van der Waals surface area contributed by atoms with Crippen molar-refractivity contribution in [2.75, 3.05) is 0 Å². The number of aromatic hydroxyl groups is 2. The van der Waals surface area contributed by atoms with E-state index in [0.717, 1.165) is 0 Å². The molecule has 0 saturated carbocycles. The molecule has 12 nitrogen and oxygen atoms in total. The van der Waals surface area contributed by atoms with Crippen LogP contribution in [-0.2, 0) is 9.59 Å². The Hall–Kier alpha value is -4.22. The quantitative estimate of drug-likeness (QED) is 0.355. The Kier molecular flexibility index (Phi) is 7.66. The van der Waals surface area contributed by atoms with Crippen LogP contribution >= 0.6 is 0 Å². The van der Waals surface area contributed by atoms with Crippen molar-refractivity contribution < 1.29 is 28.6 Å². The molecule has 0 unspecified atom stereocenters. The van der Waals surface area contributed by atoms with E-state index in [-0.39, 0.29) is 58.4 Å². The third kappa shape index (κ3) is 6.14. The first-order valence-corrected chi connectivity index (χ1v) is 9.34. The molecule has 2 aromatic heterocycles. The van der Waals surface area contributed by atoms with Crippen LogP contribution in [0.1, 0.15) is 49.3 Å². The largest absolute Gasteiger partial charge is 0.507 e. The normalized spacial score (nSPS) is 11.9. The van der Waals surface area contributed by atoms with Crippen LogP contribution in [0.5, 0.6) is 11.5 Å². The lowest BCUT2D eigenvalue weighted by Gasteiger charge is -2.05. The van der Waals surface area contributed by atoms with Gasteiger partial charge in [0.1, 0.15) is 34.1 Å². The molecule has 0 aromatic carbocycles. The molecule has 2 amide bonds. The molecule has 32 heavy (non-hydrogen) atoms. The summed E-state index contributed by atoms with van der Waals surface area (Å²) in [6, 6.07) is 2.48. The molecular weight excluding hydrogens is 424 g/mol. The number of amides is 2. The molecule has 170 valence electrons. The molecule has 0 bridgehead atoms. The summed E-state index contributed by atoms with van der Waals surface area (Å²) in [5.74, 6) is -1.50. The SMILES string of the molecule is CC(=NNC(=O)CCC(=O)NN=C(C)c1c(O)cc(C)oc1=O)c1c(O)cc(C)oc1=O. The van der Waals surface area contributed by atoms with Gasteiger partial charge in [0.25, 0.3) is 0 Å². The Balaban J connectivity index is 1.93. The van der Waals surface area contributed by atoms with Gasteiger partial charge in [-0.2, -0.15) is 10.2 Å². The Labute approximate surface area is 181 Å². The summed E-state index contributed by atoms with van der Waals surface area (Å²) in [6.45, 7) is 5.77. The maximum atomic E-state index is 11.9. The van der Waals surface area contributed by atoms with Crippen LogP contribution in [0.25, 0.3) is 0 Å². The average molecular weight is 446 g/mol. The lowest BCUT2D eigenvalue weighted by atomic mass is 10.2. The van der Waals surface area contributed by atoms with Crippen molar-refractivity contribution in [1.29, 1.82) is 0 Å². The summed E-state index contributed by atoms with van der Waals surface area (Å²) < 4.78 is 9.76. The van der Waals surface area contributed by atoms with Gasteiger partial charge < -0.3 is 19.0 Å². The zero-order chi connectivity index (χ0) is 24.0. The lowest BCUT2D eigenvalue weighted by Crippen LogP contribution is -2.25. The number of nitrogens with zero attached hydrogens (tertiary/aromatic N) is 2. The first-order valence-electron chi connectivity index (χ1n) is 9.34. The third-order valence-corrected chi connectivity index (χ3v) is 4.11. The molecule has 0 spiro atoms. The van der Waals surface area contributed by atoms with Gasteiger partial charge in [-0.25, -0.2) is 20.4 Å². The van der Waals surface area contributed by atoms with Crippen LogP contribution in [0.4, 0.5) is 0 Å². The lowest BCUT2D eigenvalue weighted by molar-refractivity contribution is -0.126. The van der Waals surface area contributed by atoms with E-state index in [1.54, 1.807) is 0 Å². The van der Waals surface area contributed by atoms with E-state index in [4.69, 9.17) is 8.83 Å². The van der Waals surface area contributed by atoms with E-state index >= 15 is 0 Å². The Morgan fingerprint density at radius 1 is 0.812 bits per heavy atom. The maximum Gasteiger partial charge on any atom is 0.348 e. The first kappa shape index (κ1) is 24.1. The highest BCUT2D eigenvalue weighted by Gasteiger charge is 2.15. The molecule has 0 aliphatic carbocycles. The van der Waals surface area contributed by atoms with Crippen molar-refractivity contribution in [3.05, 3.63) is 55.6 Å². The summed E-state index contributed by atoms with van der Waals surface area (Å²) in [5, 5.41) is 27.2. The van der Waals surface area contributed by atoms with Crippen molar-refractivity contribution in [3.8, 4) is 11.5 Å². The number of carbonyl (C=O) groups is 2. The molecular formula is C20H22N4O8. The van der Waals surface area contributed by atoms with Gasteiger partial charge in [0, 0.05) is 25.0 Å². The van der Waals surface area contributed by atoms with Crippen molar-refractivity contribution in [1.82, 2.24) is 10.9 Å². The van der Waals surface area contributed by atoms with Crippen molar-refractivity contribution >= 4 is 23.2 Å². The van der Waals surface area contributed by atoms with Gasteiger partial charge >= 0.3 is 11.3 Å². The van der Waals surface area contributed by atoms with E-state index < -0.39 is 23.1 Å². The van der Waals surface area contributed by atoms with Gasteiger partial charge in [0.2, 0.25) is 11.8 Å². The van der Waals surface area contributed by atoms with Crippen LogP contribution in [0.15, 0.2) is 40.8 Å². The molecule has 0 saturated heterocycles. The fourth-order valence-electron chi connectivity index (χ4n) is 2.60. The van der Waals surface area contributed by atoms with Gasteiger partial charge in [-0.15, -0.1) is 0 Å². The molecule has 2 aromatic rings. The van der Waals surface area contributed by atoms with Crippen LogP contribution in [-0.4, -0.2) is 33.5 Å². The molecule has 0 atom stereocenters. The van der Waals surface area contributed by atoms with Crippen LogP contribution in [0.2, 0.25) is 0 Å². The number of aryl methyl sites for hydroxylation is 2. The van der Waals surface area contributed by atoms with E-state index in [1.807, 2.05) is 0 Å². The molecule has 0 aliphatic rings. The first-order chi connectivity index (χ1) is 15.0. The standard InChI is InChI=1S/C20H22N4O8/c1-9-7-13(25)17(19(29)31-9)11(3)21-23-15(27)5-6-16(28)24-22-12(4)18-14(26)8-10(2)32-20(18)30/h7-8,25-26H,5-6H2,1-4H3,(H,23,27)(H,24,28). The van der Waals surface area contributed by atoms with Crippen LogP contribution in [0.3, 0.4) is 0 Å². The third-order valence-electron chi connectivity index (χ3n) is 4.11. The van der Waals surface area contributed by atoms with Crippen molar-refractivity contribution in [3.63, 3.8) is 0 Å². The van der Waals surface area contributed by atoms with Gasteiger partial charge in [0.15, 0.2) is 0 Å². The fourth-order valence-corrected chi connectivity index (χ4v) is 2.60. The second-order valence-corrected chi connectivity index (χ2v) is 6.77. The minimum atomic E-state index is -0.806. The molecule has 12 heteroatoms. The average Bonchev–Trinajstić information content (AvgIpc) is 2.67. The van der Waals surface area contributed by atoms with E-state index in [0.29, 0.717) is 0 Å². The summed E-state index contributed by atoms with van der Waals surface area (Å²) in [4.78, 5) is 47.5. The van der Waals surface area contributed by atoms with Crippen molar-refractivity contribution in [2.45, 2.75) is 40.5 Å². The summed E-state index contributed by atoms with van der Waals surface area (Å²) in [7, 11) is 0. The summed E-state index contributed by atoms with van der Waals surface area (Å²) in [5.41, 5.74) is 2.38. The number of nitrogens with one attached hydrogen (secondary N) is 2. The summed E-state index contributed by atoms with van der Waals surface area (Å²) >= 11 is 0. The number of carbonyl (C=O) groups excluding carboxylic acids is 2. The van der Waals surface area contributed by atoms with Crippen molar-refractivity contribution in [2.24, 2.45) is 10.2 Å². The maximum absolute atomic E-state index is 11.9. The molecule has 4 N–H and O–H groups in total. The number of hydrazone groups is 2. The van der Waals surface area contributed by atoms with E-state index in [1.165, 1.54) is 39.8 Å². The number of hydrogen-bond acceptors (Lipinski definition) is 10. The number of rotatable bonds is 7.